The molecule has 0 amide bonds. The number of imidazole rings is 2. The quantitative estimate of drug-likeness (QED) is 0.571. The van der Waals surface area contributed by atoms with Gasteiger partial charge < -0.3 is 14.9 Å². The molecule has 23 heavy (non-hydrogen) atoms. The number of hydrogen-bond acceptors (Lipinski definition) is 5. The highest BCUT2D eigenvalue weighted by molar-refractivity contribution is 5.81. The van der Waals surface area contributed by atoms with E-state index in [0.29, 0.717) is 11.3 Å². The topological polar surface area (TPSA) is 87.4 Å². The minimum Gasteiger partial charge on any atom is -0.382 e. The first-order valence-corrected chi connectivity index (χ1v) is 7.64. The van der Waals surface area contributed by atoms with Gasteiger partial charge in [0.05, 0.1) is 23.7 Å². The van der Waals surface area contributed by atoms with Crippen LogP contribution >= 0.6 is 0 Å². The molecule has 4 aromatic rings. The zero-order chi connectivity index (χ0) is 15.6. The standard InChI is InChI=1S/C16H17N7/c17-15-14-16(19-9-18-15)23(11-21-14)8-4-3-7-22-10-20-12-5-1-2-6-13(12)22/h1-2,5-6,9-11H,3-4,7-8H2,(H2,17,18,19). The Hall–Kier alpha value is -2.96. The van der Waals surface area contributed by atoms with Gasteiger partial charge in [0, 0.05) is 13.1 Å². The predicted molar refractivity (Wildman–Crippen MR) is 88.7 cm³/mol. The van der Waals surface area contributed by atoms with Gasteiger partial charge in [0.25, 0.3) is 0 Å². The third-order valence-electron chi connectivity index (χ3n) is 4.00. The van der Waals surface area contributed by atoms with Crippen molar-refractivity contribution in [2.24, 2.45) is 0 Å². The fourth-order valence-electron chi connectivity index (χ4n) is 2.82. The molecule has 0 fully saturated rings. The molecular weight excluding hydrogens is 290 g/mol. The maximum Gasteiger partial charge on any atom is 0.165 e. The van der Waals surface area contributed by atoms with Crippen LogP contribution in [0.5, 0.6) is 0 Å². The molecule has 3 aromatic heterocycles. The van der Waals surface area contributed by atoms with E-state index < -0.39 is 0 Å². The van der Waals surface area contributed by atoms with Gasteiger partial charge >= 0.3 is 0 Å². The van der Waals surface area contributed by atoms with Gasteiger partial charge in [-0.1, -0.05) is 12.1 Å². The van der Waals surface area contributed by atoms with Crippen LogP contribution in [-0.4, -0.2) is 29.1 Å². The highest BCUT2D eigenvalue weighted by Crippen LogP contribution is 2.16. The van der Waals surface area contributed by atoms with Gasteiger partial charge in [0.2, 0.25) is 0 Å². The van der Waals surface area contributed by atoms with Crippen LogP contribution in [0, 0.1) is 0 Å². The number of fused-ring (bicyclic) bond motifs is 2. The molecule has 0 saturated heterocycles. The van der Waals surface area contributed by atoms with Gasteiger partial charge in [-0.05, 0) is 25.0 Å². The summed E-state index contributed by atoms with van der Waals surface area (Å²) >= 11 is 0. The molecule has 0 aliphatic rings. The van der Waals surface area contributed by atoms with Crippen molar-refractivity contribution in [3.05, 3.63) is 43.2 Å². The van der Waals surface area contributed by atoms with Crippen molar-refractivity contribution in [3.63, 3.8) is 0 Å². The first kappa shape index (κ1) is 13.7. The fraction of sp³-hybridized carbons (Fsp3) is 0.250. The largest absolute Gasteiger partial charge is 0.382 e. The molecule has 4 rings (SSSR count). The first-order chi connectivity index (χ1) is 11.3. The third kappa shape index (κ3) is 2.50. The van der Waals surface area contributed by atoms with Crippen molar-refractivity contribution >= 4 is 28.0 Å². The van der Waals surface area contributed by atoms with E-state index in [4.69, 9.17) is 5.73 Å². The van der Waals surface area contributed by atoms with Crippen molar-refractivity contribution in [2.45, 2.75) is 25.9 Å². The van der Waals surface area contributed by atoms with E-state index in [-0.39, 0.29) is 0 Å². The molecule has 7 nitrogen and oxygen atoms in total. The lowest BCUT2D eigenvalue weighted by Gasteiger charge is -2.06. The molecule has 0 unspecified atom stereocenters. The summed E-state index contributed by atoms with van der Waals surface area (Å²) < 4.78 is 4.22. The van der Waals surface area contributed by atoms with Crippen LogP contribution in [0.15, 0.2) is 43.2 Å². The zero-order valence-corrected chi connectivity index (χ0v) is 12.6. The number of nitrogens with two attached hydrogens (primary N) is 1. The van der Waals surface area contributed by atoms with Crippen LogP contribution in [0.2, 0.25) is 0 Å². The number of para-hydroxylation sites is 2. The van der Waals surface area contributed by atoms with E-state index >= 15 is 0 Å². The normalized spacial score (nSPS) is 11.5. The molecule has 2 N–H and O–H groups in total. The molecule has 0 bridgehead atoms. The van der Waals surface area contributed by atoms with Gasteiger partial charge in [-0.25, -0.2) is 19.9 Å². The Bertz CT molecular complexity index is 953. The number of benzene rings is 1. The minimum atomic E-state index is 0.429. The smallest absolute Gasteiger partial charge is 0.165 e. The number of aromatic nitrogens is 6. The molecule has 0 atom stereocenters. The fourth-order valence-corrected chi connectivity index (χ4v) is 2.82. The lowest BCUT2D eigenvalue weighted by molar-refractivity contribution is 0.564. The average molecular weight is 307 g/mol. The summed E-state index contributed by atoms with van der Waals surface area (Å²) in [7, 11) is 0. The molecular formula is C16H17N7. The van der Waals surface area contributed by atoms with Crippen LogP contribution in [0.3, 0.4) is 0 Å². The number of aryl methyl sites for hydroxylation is 2. The summed E-state index contributed by atoms with van der Waals surface area (Å²) in [4.78, 5) is 16.9. The van der Waals surface area contributed by atoms with Crippen LogP contribution in [0.25, 0.3) is 22.2 Å². The predicted octanol–water partition coefficient (Wildman–Crippen LogP) is 2.24. The Morgan fingerprint density at radius 2 is 1.65 bits per heavy atom. The molecule has 3 heterocycles. The van der Waals surface area contributed by atoms with E-state index in [0.717, 1.165) is 37.1 Å². The third-order valence-corrected chi connectivity index (χ3v) is 4.00. The van der Waals surface area contributed by atoms with E-state index in [9.17, 15) is 0 Å². The molecule has 0 aliphatic carbocycles. The highest BCUT2D eigenvalue weighted by Gasteiger charge is 2.07. The van der Waals surface area contributed by atoms with Crippen molar-refractivity contribution in [1.82, 2.24) is 29.1 Å². The summed E-state index contributed by atoms with van der Waals surface area (Å²) in [5.74, 6) is 0.429. The van der Waals surface area contributed by atoms with Crippen molar-refractivity contribution in [2.75, 3.05) is 5.73 Å². The summed E-state index contributed by atoms with van der Waals surface area (Å²) in [6, 6.07) is 8.19. The minimum absolute atomic E-state index is 0.429. The van der Waals surface area contributed by atoms with Crippen molar-refractivity contribution in [3.8, 4) is 0 Å². The lowest BCUT2D eigenvalue weighted by Crippen LogP contribution is -2.02. The molecule has 116 valence electrons. The second-order valence-electron chi connectivity index (χ2n) is 5.50. The number of nitrogen functional groups attached to an aromatic ring is 1. The van der Waals surface area contributed by atoms with Gasteiger partial charge in [-0.3, -0.25) is 0 Å². The van der Waals surface area contributed by atoms with Crippen molar-refractivity contribution in [1.29, 1.82) is 0 Å². The molecule has 0 aliphatic heterocycles. The zero-order valence-electron chi connectivity index (χ0n) is 12.6. The van der Waals surface area contributed by atoms with Gasteiger partial charge in [-0.2, -0.15) is 0 Å². The van der Waals surface area contributed by atoms with E-state index in [2.05, 4.69) is 30.6 Å². The second kappa shape index (κ2) is 5.68. The van der Waals surface area contributed by atoms with E-state index in [1.165, 1.54) is 11.8 Å². The number of anilines is 1. The molecule has 0 saturated carbocycles. The van der Waals surface area contributed by atoms with Gasteiger partial charge in [-0.15, -0.1) is 0 Å². The summed E-state index contributed by atoms with van der Waals surface area (Å²) in [5.41, 5.74) is 9.50. The Kier molecular flexibility index (Phi) is 3.38. The summed E-state index contributed by atoms with van der Waals surface area (Å²) in [6.07, 6.45) is 7.25. The van der Waals surface area contributed by atoms with Gasteiger partial charge in [0.1, 0.15) is 11.8 Å². The van der Waals surface area contributed by atoms with E-state index in [1.54, 1.807) is 6.33 Å². The van der Waals surface area contributed by atoms with Crippen LogP contribution < -0.4 is 5.73 Å². The van der Waals surface area contributed by atoms with Crippen molar-refractivity contribution < 1.29 is 0 Å². The number of nitrogens with zero attached hydrogens (tertiary/aromatic N) is 6. The Labute approximate surface area is 132 Å². The van der Waals surface area contributed by atoms with Crippen LogP contribution in [0.4, 0.5) is 5.82 Å². The highest BCUT2D eigenvalue weighted by atomic mass is 15.1. The summed E-state index contributed by atoms with van der Waals surface area (Å²) in [6.45, 7) is 1.81. The number of hydrogen-bond donors (Lipinski definition) is 1. The second-order valence-corrected chi connectivity index (χ2v) is 5.50. The molecule has 7 heteroatoms. The summed E-state index contributed by atoms with van der Waals surface area (Å²) in [5, 5.41) is 0. The van der Waals surface area contributed by atoms with Gasteiger partial charge in [0.15, 0.2) is 11.5 Å². The Morgan fingerprint density at radius 1 is 0.870 bits per heavy atom. The SMILES string of the molecule is Nc1ncnc2c1ncn2CCCCn1cnc2ccccc21. The maximum atomic E-state index is 5.80. The maximum absolute atomic E-state index is 5.80. The average Bonchev–Trinajstić information content (AvgIpc) is 3.17. The number of rotatable bonds is 5. The molecule has 1 aromatic carbocycles. The van der Waals surface area contributed by atoms with Crippen LogP contribution in [-0.2, 0) is 13.1 Å². The van der Waals surface area contributed by atoms with E-state index in [1.807, 2.05) is 29.1 Å². The molecule has 0 radical (unpaired) electrons. The Balaban J connectivity index is 1.41. The van der Waals surface area contributed by atoms with Crippen LogP contribution in [0.1, 0.15) is 12.8 Å². The number of unbranched alkanes of at least 4 members (excludes halogenated alkanes) is 1. The lowest BCUT2D eigenvalue weighted by atomic mass is 10.3. The molecule has 0 spiro atoms. The Morgan fingerprint density at radius 3 is 2.57 bits per heavy atom. The monoisotopic (exact) mass is 307 g/mol. The first-order valence-electron chi connectivity index (χ1n) is 7.64.